The standard InChI is InChI=1S/C20H16Cl2N2O4S/c1-28-20(25)15-4-9-18(22)19(11-15)29(26,27)24(13-14-3-2-10-23-12-14)17-7-5-16(21)6-8-17/h2-12H,13H2,1H3. The Labute approximate surface area is 178 Å². The van der Waals surface area contributed by atoms with E-state index in [4.69, 9.17) is 23.2 Å². The zero-order chi connectivity index (χ0) is 21.0. The summed E-state index contributed by atoms with van der Waals surface area (Å²) in [4.78, 5) is 15.7. The lowest BCUT2D eigenvalue weighted by molar-refractivity contribution is 0.0600. The highest BCUT2D eigenvalue weighted by molar-refractivity contribution is 7.93. The lowest BCUT2D eigenvalue weighted by Crippen LogP contribution is -2.31. The third-order valence-electron chi connectivity index (χ3n) is 4.08. The molecule has 0 atom stereocenters. The van der Waals surface area contributed by atoms with Crippen molar-refractivity contribution in [3.05, 3.63) is 88.2 Å². The number of halogens is 2. The van der Waals surface area contributed by atoms with Crippen LogP contribution in [0.1, 0.15) is 15.9 Å². The number of carbonyl (C=O) groups is 1. The molecule has 0 fully saturated rings. The van der Waals surface area contributed by atoms with Gasteiger partial charge in [0.2, 0.25) is 0 Å². The van der Waals surface area contributed by atoms with E-state index in [1.807, 2.05) is 0 Å². The van der Waals surface area contributed by atoms with Gasteiger partial charge in [0.15, 0.2) is 0 Å². The van der Waals surface area contributed by atoms with Crippen LogP contribution < -0.4 is 4.31 Å². The van der Waals surface area contributed by atoms with E-state index >= 15 is 0 Å². The van der Waals surface area contributed by atoms with Crippen LogP contribution in [0.3, 0.4) is 0 Å². The molecule has 0 saturated heterocycles. The van der Waals surface area contributed by atoms with Gasteiger partial charge < -0.3 is 4.74 Å². The zero-order valence-electron chi connectivity index (χ0n) is 15.2. The molecule has 0 N–H and O–H groups in total. The Balaban J connectivity index is 2.13. The quantitative estimate of drug-likeness (QED) is 0.514. The summed E-state index contributed by atoms with van der Waals surface area (Å²) < 4.78 is 33.0. The average Bonchev–Trinajstić information content (AvgIpc) is 2.73. The van der Waals surface area contributed by atoms with Crippen LogP contribution in [0.15, 0.2) is 71.9 Å². The first-order valence-corrected chi connectivity index (χ1v) is 10.6. The predicted octanol–water partition coefficient (Wildman–Crippen LogP) is 4.57. The summed E-state index contributed by atoms with van der Waals surface area (Å²) in [5, 5.41) is 0.459. The van der Waals surface area contributed by atoms with E-state index in [1.165, 1.54) is 29.6 Å². The summed E-state index contributed by atoms with van der Waals surface area (Å²) in [7, 11) is -2.92. The number of aromatic nitrogens is 1. The number of carbonyl (C=O) groups excluding carboxylic acids is 1. The van der Waals surface area contributed by atoms with Crippen molar-refractivity contribution in [2.75, 3.05) is 11.4 Å². The van der Waals surface area contributed by atoms with E-state index in [0.717, 1.165) is 0 Å². The number of benzene rings is 2. The number of esters is 1. The highest BCUT2D eigenvalue weighted by Gasteiger charge is 2.28. The van der Waals surface area contributed by atoms with Crippen molar-refractivity contribution >= 4 is 44.9 Å². The SMILES string of the molecule is COC(=O)c1ccc(Cl)c(S(=O)(=O)N(Cc2cccnc2)c2ccc(Cl)cc2)c1. The largest absolute Gasteiger partial charge is 0.465 e. The Morgan fingerprint density at radius 3 is 2.45 bits per heavy atom. The molecule has 0 aliphatic rings. The fourth-order valence-electron chi connectivity index (χ4n) is 2.64. The number of anilines is 1. The maximum Gasteiger partial charge on any atom is 0.337 e. The Bertz CT molecular complexity index is 1120. The molecule has 2 aromatic carbocycles. The van der Waals surface area contributed by atoms with Gasteiger partial charge in [-0.15, -0.1) is 0 Å². The minimum Gasteiger partial charge on any atom is -0.465 e. The molecule has 150 valence electrons. The number of hydrogen-bond acceptors (Lipinski definition) is 5. The normalized spacial score (nSPS) is 11.1. The number of hydrogen-bond donors (Lipinski definition) is 0. The molecule has 0 amide bonds. The fraction of sp³-hybridized carbons (Fsp3) is 0.100. The number of pyridine rings is 1. The maximum atomic E-state index is 13.5. The molecule has 0 unspecified atom stereocenters. The highest BCUT2D eigenvalue weighted by atomic mass is 35.5. The molecule has 0 radical (unpaired) electrons. The number of methoxy groups -OCH3 is 1. The number of sulfonamides is 1. The summed E-state index contributed by atoms with van der Waals surface area (Å²) >= 11 is 12.2. The summed E-state index contributed by atoms with van der Waals surface area (Å²) in [5.74, 6) is -0.664. The Morgan fingerprint density at radius 2 is 1.83 bits per heavy atom. The van der Waals surface area contributed by atoms with Gasteiger partial charge in [0.1, 0.15) is 4.90 Å². The third kappa shape index (κ3) is 4.70. The summed E-state index contributed by atoms with van der Waals surface area (Å²) in [6.45, 7) is 0.0105. The van der Waals surface area contributed by atoms with E-state index in [9.17, 15) is 13.2 Å². The van der Waals surface area contributed by atoms with Gasteiger partial charge in [-0.2, -0.15) is 0 Å². The monoisotopic (exact) mass is 450 g/mol. The van der Waals surface area contributed by atoms with Gasteiger partial charge >= 0.3 is 5.97 Å². The molecule has 0 saturated carbocycles. The minimum atomic E-state index is -4.14. The molecule has 3 aromatic rings. The number of nitrogens with zero attached hydrogens (tertiary/aromatic N) is 2. The van der Waals surface area contributed by atoms with Gasteiger partial charge in [-0.1, -0.05) is 29.3 Å². The number of ether oxygens (including phenoxy) is 1. The molecular formula is C20H16Cl2N2O4S. The predicted molar refractivity (Wildman–Crippen MR) is 112 cm³/mol. The van der Waals surface area contributed by atoms with E-state index in [2.05, 4.69) is 9.72 Å². The lowest BCUT2D eigenvalue weighted by Gasteiger charge is -2.25. The zero-order valence-corrected chi connectivity index (χ0v) is 17.6. The van der Waals surface area contributed by atoms with Gasteiger partial charge in [-0.25, -0.2) is 13.2 Å². The van der Waals surface area contributed by atoms with E-state index < -0.39 is 16.0 Å². The first kappa shape index (κ1) is 21.1. The van der Waals surface area contributed by atoms with Crippen molar-refractivity contribution in [3.63, 3.8) is 0 Å². The molecule has 1 aromatic heterocycles. The summed E-state index contributed by atoms with van der Waals surface area (Å²) in [6, 6.07) is 13.8. The lowest BCUT2D eigenvalue weighted by atomic mass is 10.2. The fourth-order valence-corrected chi connectivity index (χ4v) is 4.73. The first-order valence-electron chi connectivity index (χ1n) is 8.38. The topological polar surface area (TPSA) is 76.6 Å². The molecule has 0 bridgehead atoms. The van der Waals surface area contributed by atoms with Gasteiger partial charge in [-0.05, 0) is 54.1 Å². The minimum absolute atomic E-state index is 0.0105. The molecule has 0 aliphatic carbocycles. The molecule has 0 aliphatic heterocycles. The van der Waals surface area contributed by atoms with Gasteiger partial charge in [0, 0.05) is 17.4 Å². The van der Waals surface area contributed by atoms with Crippen molar-refractivity contribution < 1.29 is 17.9 Å². The molecular weight excluding hydrogens is 435 g/mol. The van der Waals surface area contributed by atoms with Crippen LogP contribution in [0.5, 0.6) is 0 Å². The Kier molecular flexibility index (Phi) is 6.42. The molecule has 9 heteroatoms. The van der Waals surface area contributed by atoms with Crippen molar-refractivity contribution in [2.24, 2.45) is 0 Å². The van der Waals surface area contributed by atoms with Crippen molar-refractivity contribution in [2.45, 2.75) is 11.4 Å². The second kappa shape index (κ2) is 8.82. The van der Waals surface area contributed by atoms with Gasteiger partial charge in [0.25, 0.3) is 10.0 Å². The summed E-state index contributed by atoms with van der Waals surface area (Å²) in [5.41, 5.74) is 1.14. The van der Waals surface area contributed by atoms with Crippen LogP contribution in [0.2, 0.25) is 10.0 Å². The second-order valence-corrected chi connectivity index (χ2v) is 8.66. The van der Waals surface area contributed by atoms with Crippen LogP contribution in [-0.2, 0) is 21.3 Å². The molecule has 3 rings (SSSR count). The van der Waals surface area contributed by atoms with Crippen LogP contribution in [0.25, 0.3) is 0 Å². The van der Waals surface area contributed by atoms with Crippen LogP contribution in [-0.4, -0.2) is 26.5 Å². The van der Waals surface area contributed by atoms with E-state index in [-0.39, 0.29) is 22.0 Å². The Hall–Kier alpha value is -2.61. The molecule has 0 spiro atoms. The van der Waals surface area contributed by atoms with E-state index in [1.54, 1.807) is 48.8 Å². The summed E-state index contributed by atoms with van der Waals surface area (Å²) in [6.07, 6.45) is 3.17. The van der Waals surface area contributed by atoms with E-state index in [0.29, 0.717) is 16.3 Å². The third-order valence-corrected chi connectivity index (χ3v) is 6.59. The van der Waals surface area contributed by atoms with Crippen LogP contribution in [0.4, 0.5) is 5.69 Å². The second-order valence-electron chi connectivity index (χ2n) is 5.99. The molecule has 1 heterocycles. The van der Waals surface area contributed by atoms with Gasteiger partial charge in [0.05, 0.1) is 29.9 Å². The van der Waals surface area contributed by atoms with Crippen LogP contribution in [0, 0.1) is 0 Å². The smallest absolute Gasteiger partial charge is 0.337 e. The maximum absolute atomic E-state index is 13.5. The van der Waals surface area contributed by atoms with Crippen LogP contribution >= 0.6 is 23.2 Å². The Morgan fingerprint density at radius 1 is 1.10 bits per heavy atom. The highest BCUT2D eigenvalue weighted by Crippen LogP contribution is 2.31. The van der Waals surface area contributed by atoms with Crippen molar-refractivity contribution in [1.82, 2.24) is 4.98 Å². The number of rotatable bonds is 6. The average molecular weight is 451 g/mol. The first-order chi connectivity index (χ1) is 13.8. The van der Waals surface area contributed by atoms with Gasteiger partial charge in [-0.3, -0.25) is 9.29 Å². The van der Waals surface area contributed by atoms with Crippen molar-refractivity contribution in [1.29, 1.82) is 0 Å². The van der Waals surface area contributed by atoms with Crippen molar-refractivity contribution in [3.8, 4) is 0 Å². The molecule has 6 nitrogen and oxygen atoms in total. The molecule has 29 heavy (non-hydrogen) atoms.